The SMILES string of the molecule is O=C(O)C1(C(=O)NC2CCN(C3CC3)C2)CC1. The predicted molar refractivity (Wildman–Crippen MR) is 60.4 cm³/mol. The molecule has 0 aromatic heterocycles. The minimum absolute atomic E-state index is 0.153. The van der Waals surface area contributed by atoms with E-state index in [1.165, 1.54) is 12.8 Å². The second kappa shape index (κ2) is 3.70. The molecule has 2 N–H and O–H groups in total. The van der Waals surface area contributed by atoms with Crippen molar-refractivity contribution in [2.45, 2.75) is 44.2 Å². The maximum absolute atomic E-state index is 11.9. The molecule has 1 unspecified atom stereocenters. The van der Waals surface area contributed by atoms with Gasteiger partial charge in [0.05, 0.1) is 0 Å². The summed E-state index contributed by atoms with van der Waals surface area (Å²) in [5.74, 6) is -1.24. The van der Waals surface area contributed by atoms with Crippen LogP contribution in [-0.4, -0.2) is 47.1 Å². The molecule has 0 radical (unpaired) electrons. The van der Waals surface area contributed by atoms with E-state index < -0.39 is 11.4 Å². The zero-order chi connectivity index (χ0) is 12.0. The molecule has 3 rings (SSSR count). The van der Waals surface area contributed by atoms with Crippen LogP contribution in [0.5, 0.6) is 0 Å². The molecule has 0 spiro atoms. The Bertz CT molecular complexity index is 361. The Morgan fingerprint density at radius 1 is 1.24 bits per heavy atom. The molecular weight excluding hydrogens is 220 g/mol. The largest absolute Gasteiger partial charge is 0.480 e. The standard InChI is InChI=1S/C12H18N2O3/c15-10(12(4-5-12)11(16)17)13-8-3-6-14(7-8)9-1-2-9/h8-9H,1-7H2,(H,13,15)(H,16,17). The zero-order valence-corrected chi connectivity index (χ0v) is 9.82. The maximum Gasteiger partial charge on any atom is 0.319 e. The van der Waals surface area contributed by atoms with Crippen molar-refractivity contribution >= 4 is 11.9 Å². The number of nitrogens with one attached hydrogen (secondary N) is 1. The fraction of sp³-hybridized carbons (Fsp3) is 0.833. The van der Waals surface area contributed by atoms with Gasteiger partial charge < -0.3 is 10.4 Å². The zero-order valence-electron chi connectivity index (χ0n) is 9.82. The summed E-state index contributed by atoms with van der Waals surface area (Å²) in [5, 5.41) is 11.9. The van der Waals surface area contributed by atoms with E-state index in [1.807, 2.05) is 0 Å². The number of carbonyl (C=O) groups excluding carboxylic acids is 1. The van der Waals surface area contributed by atoms with Gasteiger partial charge >= 0.3 is 5.97 Å². The lowest BCUT2D eigenvalue weighted by Gasteiger charge is -2.17. The molecule has 3 aliphatic rings. The van der Waals surface area contributed by atoms with Gasteiger partial charge in [0.1, 0.15) is 5.41 Å². The van der Waals surface area contributed by atoms with Crippen molar-refractivity contribution in [2.24, 2.45) is 5.41 Å². The number of likely N-dealkylation sites (tertiary alicyclic amines) is 1. The smallest absolute Gasteiger partial charge is 0.319 e. The van der Waals surface area contributed by atoms with Crippen molar-refractivity contribution in [2.75, 3.05) is 13.1 Å². The van der Waals surface area contributed by atoms with E-state index in [1.54, 1.807) is 0 Å². The summed E-state index contributed by atoms with van der Waals surface area (Å²) in [5.41, 5.74) is -1.09. The van der Waals surface area contributed by atoms with Gasteiger partial charge in [0.25, 0.3) is 0 Å². The Morgan fingerprint density at radius 3 is 2.47 bits per heavy atom. The summed E-state index contributed by atoms with van der Waals surface area (Å²) in [7, 11) is 0. The molecule has 1 amide bonds. The number of hydrogen-bond acceptors (Lipinski definition) is 3. The van der Waals surface area contributed by atoms with Crippen molar-refractivity contribution in [3.63, 3.8) is 0 Å². The summed E-state index contributed by atoms with van der Waals surface area (Å²) in [6.07, 6.45) is 4.50. The van der Waals surface area contributed by atoms with Gasteiger partial charge in [-0.3, -0.25) is 14.5 Å². The maximum atomic E-state index is 11.9. The third-order valence-corrected chi connectivity index (χ3v) is 4.21. The van der Waals surface area contributed by atoms with Crippen molar-refractivity contribution in [1.29, 1.82) is 0 Å². The van der Waals surface area contributed by atoms with Gasteiger partial charge in [0.15, 0.2) is 0 Å². The third-order valence-electron chi connectivity index (χ3n) is 4.21. The number of carbonyl (C=O) groups is 2. The Hall–Kier alpha value is -1.10. The van der Waals surface area contributed by atoms with Crippen LogP contribution in [0.3, 0.4) is 0 Å². The molecule has 5 heteroatoms. The second-order valence-corrected chi connectivity index (χ2v) is 5.57. The summed E-state index contributed by atoms with van der Waals surface area (Å²) < 4.78 is 0. The quantitative estimate of drug-likeness (QED) is 0.687. The molecule has 1 heterocycles. The molecule has 2 saturated carbocycles. The third kappa shape index (κ3) is 1.92. The highest BCUT2D eigenvalue weighted by Gasteiger charge is 2.57. The molecule has 1 atom stereocenters. The molecule has 0 aromatic rings. The normalized spacial score (nSPS) is 31.2. The van der Waals surface area contributed by atoms with Crippen molar-refractivity contribution in [3.05, 3.63) is 0 Å². The van der Waals surface area contributed by atoms with Crippen LogP contribution in [-0.2, 0) is 9.59 Å². The first-order valence-electron chi connectivity index (χ1n) is 6.40. The van der Waals surface area contributed by atoms with E-state index in [-0.39, 0.29) is 11.9 Å². The highest BCUT2D eigenvalue weighted by atomic mass is 16.4. The molecule has 17 heavy (non-hydrogen) atoms. The first-order valence-corrected chi connectivity index (χ1v) is 6.40. The first kappa shape index (κ1) is 11.0. The molecule has 94 valence electrons. The fourth-order valence-corrected chi connectivity index (χ4v) is 2.66. The second-order valence-electron chi connectivity index (χ2n) is 5.57. The summed E-state index contributed by atoms with van der Waals surface area (Å²) in [6.45, 7) is 1.93. The van der Waals surface area contributed by atoms with Crippen molar-refractivity contribution in [1.82, 2.24) is 10.2 Å². The number of amides is 1. The highest BCUT2D eigenvalue weighted by Crippen LogP contribution is 2.46. The lowest BCUT2D eigenvalue weighted by Crippen LogP contribution is -2.44. The monoisotopic (exact) mass is 238 g/mol. The van der Waals surface area contributed by atoms with E-state index >= 15 is 0 Å². The number of nitrogens with zero attached hydrogens (tertiary/aromatic N) is 1. The van der Waals surface area contributed by atoms with E-state index in [4.69, 9.17) is 5.11 Å². The summed E-state index contributed by atoms with van der Waals surface area (Å²) >= 11 is 0. The van der Waals surface area contributed by atoms with Crippen molar-refractivity contribution < 1.29 is 14.7 Å². The Kier molecular flexibility index (Phi) is 2.40. The lowest BCUT2D eigenvalue weighted by molar-refractivity contribution is -0.149. The highest BCUT2D eigenvalue weighted by molar-refractivity contribution is 6.04. The van der Waals surface area contributed by atoms with Gasteiger partial charge in [-0.15, -0.1) is 0 Å². The molecule has 1 saturated heterocycles. The Morgan fingerprint density at radius 2 is 1.94 bits per heavy atom. The summed E-state index contributed by atoms with van der Waals surface area (Å²) in [6, 6.07) is 0.881. The van der Waals surface area contributed by atoms with Crippen LogP contribution in [0.25, 0.3) is 0 Å². The first-order chi connectivity index (χ1) is 8.12. The molecule has 0 bridgehead atoms. The van der Waals surface area contributed by atoms with E-state index in [0.29, 0.717) is 12.8 Å². The van der Waals surface area contributed by atoms with Gasteiger partial charge in [-0.1, -0.05) is 0 Å². The molecule has 5 nitrogen and oxygen atoms in total. The van der Waals surface area contributed by atoms with Gasteiger partial charge in [-0.25, -0.2) is 0 Å². The molecule has 2 aliphatic carbocycles. The Balaban J connectivity index is 1.54. The minimum Gasteiger partial charge on any atom is -0.480 e. The number of rotatable bonds is 4. The van der Waals surface area contributed by atoms with E-state index in [9.17, 15) is 9.59 Å². The van der Waals surface area contributed by atoms with Crippen LogP contribution < -0.4 is 5.32 Å². The molecule has 1 aliphatic heterocycles. The Labute approximate surface area is 100 Å². The van der Waals surface area contributed by atoms with Crippen LogP contribution in [0, 0.1) is 5.41 Å². The molecule has 3 fully saturated rings. The van der Waals surface area contributed by atoms with Gasteiger partial charge in [0.2, 0.25) is 5.91 Å². The van der Waals surface area contributed by atoms with Crippen LogP contribution >= 0.6 is 0 Å². The van der Waals surface area contributed by atoms with Gasteiger partial charge in [-0.05, 0) is 32.1 Å². The molecule has 0 aromatic carbocycles. The van der Waals surface area contributed by atoms with E-state index in [2.05, 4.69) is 10.2 Å². The van der Waals surface area contributed by atoms with Crippen LogP contribution in [0.2, 0.25) is 0 Å². The minimum atomic E-state index is -1.09. The van der Waals surface area contributed by atoms with Crippen LogP contribution in [0.1, 0.15) is 32.1 Å². The summed E-state index contributed by atoms with van der Waals surface area (Å²) in [4.78, 5) is 25.3. The molecular formula is C12H18N2O3. The average Bonchev–Trinajstić information content (AvgIpc) is 3.18. The fourth-order valence-electron chi connectivity index (χ4n) is 2.66. The number of aliphatic carboxylic acids is 1. The van der Waals surface area contributed by atoms with Gasteiger partial charge in [0, 0.05) is 25.2 Å². The number of hydrogen-bond donors (Lipinski definition) is 2. The number of carboxylic acids is 1. The van der Waals surface area contributed by atoms with Crippen LogP contribution in [0.15, 0.2) is 0 Å². The van der Waals surface area contributed by atoms with Gasteiger partial charge in [-0.2, -0.15) is 0 Å². The number of carboxylic acid groups (broad SMARTS) is 1. The average molecular weight is 238 g/mol. The lowest BCUT2D eigenvalue weighted by atomic mass is 10.1. The topological polar surface area (TPSA) is 69.6 Å². The predicted octanol–water partition coefficient (Wildman–Crippen LogP) is 0.204. The van der Waals surface area contributed by atoms with E-state index in [0.717, 1.165) is 25.6 Å². The van der Waals surface area contributed by atoms with Crippen LogP contribution in [0.4, 0.5) is 0 Å². The van der Waals surface area contributed by atoms with Crippen molar-refractivity contribution in [3.8, 4) is 0 Å².